The van der Waals surface area contributed by atoms with Gasteiger partial charge in [-0.25, -0.2) is 4.79 Å². The predicted molar refractivity (Wildman–Crippen MR) is 147 cm³/mol. The Balaban J connectivity index is 1.38. The Kier molecular flexibility index (Phi) is 9.24. The molecule has 4 atom stereocenters. The summed E-state index contributed by atoms with van der Waals surface area (Å²) in [6, 6.07) is 16.8. The monoisotopic (exact) mass is 535 g/mol. The number of para-hydroxylation sites is 1. The van der Waals surface area contributed by atoms with Crippen LogP contribution in [0, 0.1) is 5.92 Å². The lowest BCUT2D eigenvalue weighted by molar-refractivity contribution is -0.125. The fourth-order valence-electron chi connectivity index (χ4n) is 4.81. The van der Waals surface area contributed by atoms with Gasteiger partial charge >= 0.3 is 6.09 Å². The van der Waals surface area contributed by atoms with Crippen molar-refractivity contribution in [3.63, 3.8) is 0 Å². The van der Waals surface area contributed by atoms with E-state index in [0.717, 1.165) is 10.9 Å². The van der Waals surface area contributed by atoms with E-state index in [9.17, 15) is 19.5 Å². The molecule has 0 aliphatic carbocycles. The number of aliphatic hydroxyl groups is 1. The molecule has 2 heterocycles. The summed E-state index contributed by atoms with van der Waals surface area (Å²) in [6.07, 6.45) is -0.0397. The number of carbonyl (C=O) groups is 3. The number of carbonyl (C=O) groups excluding carboxylic acids is 3. The van der Waals surface area contributed by atoms with E-state index in [2.05, 4.69) is 10.6 Å². The number of hydrogen-bond acceptors (Lipinski definition) is 6. The molecule has 9 nitrogen and oxygen atoms in total. The Morgan fingerprint density at radius 1 is 1.08 bits per heavy atom. The number of β-amino-alcohol motifs (C(OH)–C–C–N with tert-alkyl or cyclic N) is 1. The van der Waals surface area contributed by atoms with Crippen LogP contribution in [0.25, 0.3) is 11.0 Å². The molecule has 3 aromatic rings. The lowest BCUT2D eigenvalue weighted by atomic mass is 10.0. The quantitative estimate of drug-likeness (QED) is 0.397. The molecule has 0 spiro atoms. The Labute approximate surface area is 228 Å². The number of amides is 3. The fourth-order valence-corrected chi connectivity index (χ4v) is 4.81. The first-order valence-electron chi connectivity index (χ1n) is 13.5. The molecule has 0 bridgehead atoms. The number of benzene rings is 2. The van der Waals surface area contributed by atoms with Crippen molar-refractivity contribution in [3.8, 4) is 0 Å². The van der Waals surface area contributed by atoms with Gasteiger partial charge in [-0.3, -0.25) is 9.59 Å². The van der Waals surface area contributed by atoms with E-state index in [0.29, 0.717) is 24.8 Å². The number of aliphatic hydroxyl groups excluding tert-OH is 1. The summed E-state index contributed by atoms with van der Waals surface area (Å²) in [5, 5.41) is 17.5. The molecular weight excluding hydrogens is 498 g/mol. The predicted octanol–water partition coefficient (Wildman–Crippen LogP) is 4.24. The zero-order chi connectivity index (χ0) is 27.9. The number of nitrogens with zero attached hydrogens (tertiary/aromatic N) is 1. The smallest absolute Gasteiger partial charge is 0.410 e. The van der Waals surface area contributed by atoms with E-state index in [1.165, 1.54) is 4.90 Å². The summed E-state index contributed by atoms with van der Waals surface area (Å²) in [5.74, 6) is -0.601. The van der Waals surface area contributed by atoms with Crippen LogP contribution in [0.1, 0.15) is 56.2 Å². The van der Waals surface area contributed by atoms with Crippen LogP contribution in [-0.4, -0.2) is 58.7 Å². The van der Waals surface area contributed by atoms with Gasteiger partial charge in [0.2, 0.25) is 5.91 Å². The number of fused-ring (bicyclic) bond motifs is 1. The zero-order valence-corrected chi connectivity index (χ0v) is 22.6. The van der Waals surface area contributed by atoms with E-state index < -0.39 is 30.2 Å². The van der Waals surface area contributed by atoms with E-state index in [-0.39, 0.29) is 36.8 Å². The maximum atomic E-state index is 13.3. The van der Waals surface area contributed by atoms with Gasteiger partial charge in [0.1, 0.15) is 18.2 Å². The van der Waals surface area contributed by atoms with Crippen LogP contribution in [-0.2, 0) is 16.1 Å². The van der Waals surface area contributed by atoms with E-state index >= 15 is 0 Å². The number of ether oxygens (including phenoxy) is 1. The average Bonchev–Trinajstić information content (AvgIpc) is 3.31. The van der Waals surface area contributed by atoms with Crippen LogP contribution >= 0.6 is 0 Å². The highest BCUT2D eigenvalue weighted by Gasteiger charge is 2.35. The van der Waals surface area contributed by atoms with Crippen molar-refractivity contribution in [2.45, 2.75) is 70.9 Å². The van der Waals surface area contributed by atoms with Gasteiger partial charge in [-0.15, -0.1) is 0 Å². The Hall–Kier alpha value is -3.85. The molecule has 3 amide bonds. The van der Waals surface area contributed by atoms with Crippen molar-refractivity contribution in [2.75, 3.05) is 6.54 Å². The second-order valence-electron chi connectivity index (χ2n) is 10.6. The molecule has 3 N–H and O–H groups in total. The normalized spacial score (nSPS) is 20.3. The maximum absolute atomic E-state index is 13.3. The van der Waals surface area contributed by atoms with Crippen LogP contribution < -0.4 is 10.6 Å². The first-order valence-corrected chi connectivity index (χ1v) is 13.5. The van der Waals surface area contributed by atoms with E-state index in [4.69, 9.17) is 9.15 Å². The summed E-state index contributed by atoms with van der Waals surface area (Å²) in [4.78, 5) is 40.6. The molecular formula is C30H37N3O6. The number of likely N-dealkylation sites (tertiary alicyclic amines) is 1. The molecule has 39 heavy (non-hydrogen) atoms. The molecule has 3 unspecified atom stereocenters. The van der Waals surface area contributed by atoms with Crippen molar-refractivity contribution in [2.24, 2.45) is 5.92 Å². The first kappa shape index (κ1) is 28.2. The van der Waals surface area contributed by atoms with Crippen LogP contribution in [0.5, 0.6) is 0 Å². The third kappa shape index (κ3) is 7.38. The van der Waals surface area contributed by atoms with Gasteiger partial charge in [0.05, 0.1) is 18.7 Å². The summed E-state index contributed by atoms with van der Waals surface area (Å²) in [5.41, 5.74) is 1.47. The molecule has 1 aliphatic rings. The van der Waals surface area contributed by atoms with Gasteiger partial charge in [-0.2, -0.15) is 0 Å². The topological polar surface area (TPSA) is 121 Å². The van der Waals surface area contributed by atoms with Gasteiger partial charge < -0.3 is 29.8 Å². The second kappa shape index (κ2) is 12.8. The minimum atomic E-state index is -0.992. The highest BCUT2D eigenvalue weighted by molar-refractivity contribution is 5.98. The molecule has 2 aromatic carbocycles. The van der Waals surface area contributed by atoms with Crippen LogP contribution in [0.15, 0.2) is 65.1 Å². The van der Waals surface area contributed by atoms with Crippen LogP contribution in [0.3, 0.4) is 0 Å². The molecule has 1 saturated heterocycles. The zero-order valence-electron chi connectivity index (χ0n) is 22.6. The third-order valence-electron chi connectivity index (χ3n) is 7.02. The maximum Gasteiger partial charge on any atom is 0.410 e. The first-order chi connectivity index (χ1) is 18.7. The Morgan fingerprint density at radius 3 is 2.51 bits per heavy atom. The SMILES string of the molecule is CC(C)CC(NC(=O)c1cc2ccccc2o1)C(=O)NC1CCC(C)N(C(=O)OCc2ccccc2)C[C@@H]1O. The molecule has 208 valence electrons. The lowest BCUT2D eigenvalue weighted by Crippen LogP contribution is -2.54. The summed E-state index contributed by atoms with van der Waals surface area (Å²) in [7, 11) is 0. The van der Waals surface area contributed by atoms with Gasteiger partial charge in [-0.05, 0) is 49.8 Å². The Morgan fingerprint density at radius 2 is 1.79 bits per heavy atom. The highest BCUT2D eigenvalue weighted by atomic mass is 16.6. The molecule has 0 radical (unpaired) electrons. The molecule has 0 saturated carbocycles. The molecule has 4 rings (SSSR count). The lowest BCUT2D eigenvalue weighted by Gasteiger charge is -2.29. The number of furan rings is 1. The van der Waals surface area contributed by atoms with Crippen molar-refractivity contribution >= 4 is 28.9 Å². The summed E-state index contributed by atoms with van der Waals surface area (Å²) >= 11 is 0. The Bertz CT molecular complexity index is 1240. The van der Waals surface area contributed by atoms with E-state index in [1.54, 1.807) is 12.1 Å². The second-order valence-corrected chi connectivity index (χ2v) is 10.6. The highest BCUT2D eigenvalue weighted by Crippen LogP contribution is 2.21. The fraction of sp³-hybridized carbons (Fsp3) is 0.433. The van der Waals surface area contributed by atoms with Gasteiger partial charge in [-0.1, -0.05) is 62.4 Å². The van der Waals surface area contributed by atoms with Crippen molar-refractivity contribution in [1.82, 2.24) is 15.5 Å². The average molecular weight is 536 g/mol. The third-order valence-corrected chi connectivity index (χ3v) is 7.02. The molecule has 1 aliphatic heterocycles. The minimum absolute atomic E-state index is 0.0277. The van der Waals surface area contributed by atoms with Crippen LogP contribution in [0.2, 0.25) is 0 Å². The molecule has 1 aromatic heterocycles. The van der Waals surface area contributed by atoms with E-state index in [1.807, 2.05) is 69.3 Å². The molecule has 9 heteroatoms. The minimum Gasteiger partial charge on any atom is -0.451 e. The van der Waals surface area contributed by atoms with Crippen molar-refractivity contribution in [1.29, 1.82) is 0 Å². The number of hydrogen-bond donors (Lipinski definition) is 3. The van der Waals surface area contributed by atoms with Gasteiger partial charge in [0.15, 0.2) is 5.76 Å². The van der Waals surface area contributed by atoms with Crippen molar-refractivity contribution in [3.05, 3.63) is 72.0 Å². The summed E-state index contributed by atoms with van der Waals surface area (Å²) < 4.78 is 11.1. The van der Waals surface area contributed by atoms with Crippen LogP contribution in [0.4, 0.5) is 4.79 Å². The van der Waals surface area contributed by atoms with Gasteiger partial charge in [0.25, 0.3) is 5.91 Å². The summed E-state index contributed by atoms with van der Waals surface area (Å²) in [6.45, 7) is 6.00. The molecule has 1 fully saturated rings. The largest absolute Gasteiger partial charge is 0.451 e. The van der Waals surface area contributed by atoms with Crippen molar-refractivity contribution < 1.29 is 28.6 Å². The van der Waals surface area contributed by atoms with Gasteiger partial charge in [0, 0.05) is 11.4 Å². The number of nitrogens with one attached hydrogen (secondary N) is 2. The standard InChI is InChI=1S/C30H37N3O6/c1-19(2)15-24(32-29(36)27-16-22-11-7-8-12-26(22)39-27)28(35)31-23-14-13-20(3)33(17-25(23)34)30(37)38-18-21-9-5-4-6-10-21/h4-12,16,19-20,23-25,34H,13-15,17-18H2,1-3H3,(H,31,35)(H,32,36)/t20?,23?,24?,25-/m0/s1. The number of rotatable bonds is 8.